The van der Waals surface area contributed by atoms with Crippen molar-refractivity contribution in [3.63, 3.8) is 0 Å². The molecule has 0 aliphatic carbocycles. The number of anilines is 4. The van der Waals surface area contributed by atoms with E-state index < -0.39 is 162 Å². The highest BCUT2D eigenvalue weighted by Gasteiger charge is 2.57. The molecule has 0 saturated carbocycles. The number of aliphatic hydroxyl groups excluding tert-OH is 2. The number of aromatic amines is 2. The standard InChI is InChI=1S/2C19H22FN11O10P2S2/c2*20-8-12-6(39-17(8)30-14-9(26-28-30)5(21)1-2-23-14)3-38-43(36,44)41-13-11(32)7(4-37-42(34,35)40-12)45-18(13)31-15-10(27-29-31)16(33)25-19(22)24-15/h2*1-2,6-8,11-13,17-18,32H,3-4H2,(H2,21,23)(H,34,35)(H,36,44)(H3,22,24,25,33)/t2*6-,7-,8+,11-,12-,13-,17-,18-,43?/m11/s1. The van der Waals surface area contributed by atoms with Crippen molar-refractivity contribution in [1.82, 2.24) is 89.9 Å². The normalized spacial score (nSPS) is 37.7. The molecule has 15 N–H and O–H groups in total. The van der Waals surface area contributed by atoms with Gasteiger partial charge in [-0.15, -0.1) is 43.9 Å². The molecule has 6 aliphatic rings. The van der Waals surface area contributed by atoms with Gasteiger partial charge in [-0.25, -0.2) is 41.8 Å². The fraction of sp³-hybridized carbons (Fsp3) is 0.526. The Hall–Kier alpha value is -5.49. The van der Waals surface area contributed by atoms with E-state index in [2.05, 4.69) is 83.4 Å². The van der Waals surface area contributed by atoms with E-state index in [0.29, 0.717) is 0 Å². The minimum Gasteiger partial charge on any atom is -0.397 e. The van der Waals surface area contributed by atoms with Crippen LogP contribution in [0.3, 0.4) is 0 Å². The first-order valence-electron chi connectivity index (χ1n) is 25.6. The number of ether oxygens (including phenoxy) is 2. The maximum absolute atomic E-state index is 15.9. The molecule has 8 aromatic rings. The molecule has 90 heavy (non-hydrogen) atoms. The van der Waals surface area contributed by atoms with Crippen LogP contribution in [-0.4, -0.2) is 213 Å². The number of halogens is 2. The van der Waals surface area contributed by atoms with E-state index in [1.807, 2.05) is 0 Å². The van der Waals surface area contributed by atoms with Gasteiger partial charge in [0.2, 0.25) is 11.9 Å². The number of hydrogen-bond acceptors (Lipinski definition) is 36. The van der Waals surface area contributed by atoms with Crippen LogP contribution >= 0.6 is 64.9 Å². The van der Waals surface area contributed by atoms with Gasteiger partial charge in [0.25, 0.3) is 11.1 Å². The van der Waals surface area contributed by atoms with Gasteiger partial charge in [-0.3, -0.25) is 51.2 Å². The van der Waals surface area contributed by atoms with Crippen LogP contribution in [0, 0.1) is 0 Å². The number of hydrogen-bond donors (Lipinski definition) is 12. The Morgan fingerprint density at radius 1 is 0.578 bits per heavy atom. The molecule has 0 radical (unpaired) electrons. The molecule has 484 valence electrons. The van der Waals surface area contributed by atoms with Gasteiger partial charge in [0.05, 0.1) is 60.5 Å². The lowest BCUT2D eigenvalue weighted by atomic mass is 10.1. The minimum atomic E-state index is -5.06. The molecule has 14 rings (SSSR count). The Balaban J connectivity index is 0.000000165. The molecule has 14 heterocycles. The van der Waals surface area contributed by atoms with Crippen molar-refractivity contribution >= 4 is 145 Å². The van der Waals surface area contributed by atoms with Crippen molar-refractivity contribution < 1.29 is 93.0 Å². The summed E-state index contributed by atoms with van der Waals surface area (Å²) in [5, 5.41) is 49.0. The third-order valence-electron chi connectivity index (χ3n) is 14.2. The average Bonchev–Trinajstić information content (AvgIpc) is 1.81. The van der Waals surface area contributed by atoms with Crippen LogP contribution in [0.25, 0.3) is 44.7 Å². The number of thioether (sulfide) groups is 2. The van der Waals surface area contributed by atoms with Crippen molar-refractivity contribution in [2.75, 3.05) is 49.4 Å². The van der Waals surface area contributed by atoms with Crippen molar-refractivity contribution in [1.29, 1.82) is 0 Å². The highest BCUT2D eigenvalue weighted by atomic mass is 32.7. The number of nitrogens with two attached hydrogens (primary N) is 4. The Morgan fingerprint density at radius 3 is 1.44 bits per heavy atom. The zero-order valence-corrected chi connectivity index (χ0v) is 51.3. The zero-order chi connectivity index (χ0) is 63.7. The minimum absolute atomic E-state index is 0.0523. The molecule has 6 saturated heterocycles. The van der Waals surface area contributed by atoms with E-state index in [4.69, 9.17) is 80.4 Å². The third-order valence-corrected chi connectivity index (χ3v) is 22.4. The van der Waals surface area contributed by atoms with E-state index in [-0.39, 0.29) is 67.9 Å². The van der Waals surface area contributed by atoms with Crippen LogP contribution < -0.4 is 34.1 Å². The number of pyridine rings is 2. The van der Waals surface area contributed by atoms with Gasteiger partial charge in [0.1, 0.15) is 47.4 Å². The van der Waals surface area contributed by atoms with Gasteiger partial charge in [-0.2, -0.15) is 19.3 Å². The molecule has 4 bridgehead atoms. The first-order valence-corrected chi connectivity index (χ1v) is 35.8. The first kappa shape index (κ1) is 63.3. The molecule has 4 unspecified atom stereocenters. The molecule has 0 spiro atoms. The van der Waals surface area contributed by atoms with Crippen molar-refractivity contribution in [3.05, 3.63) is 45.2 Å². The van der Waals surface area contributed by atoms with Crippen molar-refractivity contribution in [2.24, 2.45) is 0 Å². The predicted molar refractivity (Wildman–Crippen MR) is 307 cm³/mol. The molecule has 42 nitrogen and oxygen atoms in total. The van der Waals surface area contributed by atoms with Crippen LogP contribution in [0.4, 0.5) is 32.1 Å². The van der Waals surface area contributed by atoms with E-state index >= 15 is 8.78 Å². The number of nitrogens with one attached hydrogen (secondary N) is 2. The summed E-state index contributed by atoms with van der Waals surface area (Å²) in [6.07, 6.45) is -17.4. The SMILES string of the molecule is Nc1nc2c(nnn2[C@@H]2S[C@@H]3COP(=O)(O)O[C@H]4[C@H](F)[C@H](n5nnc6c(N)ccnc65)O[C@@H]4COP(=O)(S)O[C@@H]2[C@@H]3O)c(=O)[nH]1.Nc1nc2c(nnn2[C@@H]2S[C@@H]3COP(=O)(O)O[C@H]4[C@H](F)[C@H](n5nnc6c(N)ccnc65)O[C@@H]4COP(O)(=S)O[C@@H]2[C@@H]3O)c(=O)[nH]1. The molecule has 0 aromatic carbocycles. The summed E-state index contributed by atoms with van der Waals surface area (Å²) in [6.45, 7) is -11.4. The van der Waals surface area contributed by atoms with Crippen LogP contribution in [0.1, 0.15) is 23.2 Å². The Kier molecular flexibility index (Phi) is 16.7. The predicted octanol–water partition coefficient (Wildman–Crippen LogP) is -1.45. The zero-order valence-electron chi connectivity index (χ0n) is 44.4. The van der Waals surface area contributed by atoms with Gasteiger partial charge < -0.3 is 61.8 Å². The topological polar surface area (TPSA) is 589 Å². The lowest BCUT2D eigenvalue weighted by Gasteiger charge is -2.27. The maximum Gasteiger partial charge on any atom is 0.472 e. The molecule has 6 fully saturated rings. The van der Waals surface area contributed by atoms with E-state index in [1.165, 1.54) is 24.5 Å². The number of rotatable bonds is 4. The Bertz CT molecular complexity index is 4170. The number of phosphoric acid groups is 2. The highest BCUT2D eigenvalue weighted by molar-refractivity contribution is 8.44. The summed E-state index contributed by atoms with van der Waals surface area (Å²) in [5.41, 5.74) is 22.1. The Labute approximate surface area is 514 Å². The lowest BCUT2D eigenvalue weighted by molar-refractivity contribution is -0.0511. The summed E-state index contributed by atoms with van der Waals surface area (Å²) >= 11 is 11.0. The number of alkyl halides is 2. The second-order valence-corrected chi connectivity index (χ2v) is 31.2. The van der Waals surface area contributed by atoms with Gasteiger partial charge in [0.15, 0.2) is 69.5 Å². The maximum atomic E-state index is 15.9. The summed E-state index contributed by atoms with van der Waals surface area (Å²) < 4.78 is 130. The number of phosphoric ester groups is 2. The monoisotopic (exact) mass is 1420 g/mol. The number of thiol groups is 1. The van der Waals surface area contributed by atoms with Gasteiger partial charge in [0, 0.05) is 12.4 Å². The molecular weight excluding hydrogens is 1370 g/mol. The average molecular weight is 1420 g/mol. The van der Waals surface area contributed by atoms with Crippen molar-refractivity contribution in [2.45, 2.75) is 94.9 Å². The van der Waals surface area contributed by atoms with E-state index in [9.17, 15) is 48.2 Å². The quantitative estimate of drug-likeness (QED) is 0.0708. The number of nitrogens with zero attached hydrogens (tertiary/aromatic N) is 16. The van der Waals surface area contributed by atoms with Crippen molar-refractivity contribution in [3.8, 4) is 0 Å². The lowest BCUT2D eigenvalue weighted by Crippen LogP contribution is -2.35. The molecule has 6 aliphatic heterocycles. The highest BCUT2D eigenvalue weighted by Crippen LogP contribution is 2.61. The van der Waals surface area contributed by atoms with Gasteiger partial charge in [-0.05, 0) is 23.9 Å². The van der Waals surface area contributed by atoms with E-state index in [0.717, 1.165) is 42.3 Å². The van der Waals surface area contributed by atoms with Crippen LogP contribution in [0.2, 0.25) is 0 Å². The van der Waals surface area contributed by atoms with Crippen LogP contribution in [0.5, 0.6) is 0 Å². The Morgan fingerprint density at radius 2 is 0.989 bits per heavy atom. The second-order valence-electron chi connectivity index (χ2n) is 20.0. The molecule has 20 atom stereocenters. The number of aliphatic hydroxyl groups is 2. The van der Waals surface area contributed by atoms with Crippen LogP contribution in [0.15, 0.2) is 34.1 Å². The largest absolute Gasteiger partial charge is 0.472 e. The van der Waals surface area contributed by atoms with E-state index in [1.54, 1.807) is 0 Å². The van der Waals surface area contributed by atoms with Gasteiger partial charge >= 0.3 is 29.2 Å². The number of H-pyrrole nitrogens is 2. The summed E-state index contributed by atoms with van der Waals surface area (Å²) in [6, 6.07) is 2.93. The first-order chi connectivity index (χ1) is 42.6. The molecule has 0 amide bonds. The summed E-state index contributed by atoms with van der Waals surface area (Å²) in [5.74, 6) is -0.504. The molecular formula is C38H44F2N22O20P4S4. The number of fused-ring (bicyclic) bond motifs is 10. The second kappa shape index (κ2) is 23.8. The van der Waals surface area contributed by atoms with Crippen LogP contribution in [-0.2, 0) is 71.2 Å². The fourth-order valence-corrected chi connectivity index (χ4v) is 18.3. The fourth-order valence-electron chi connectivity index (χ4n) is 10.2. The molecule has 8 aromatic heterocycles. The van der Waals surface area contributed by atoms with Gasteiger partial charge in [-0.1, -0.05) is 33.1 Å². The smallest absolute Gasteiger partial charge is 0.397 e. The summed E-state index contributed by atoms with van der Waals surface area (Å²) in [4.78, 5) is 77.7. The third kappa shape index (κ3) is 11.9. The number of aromatic nitrogens is 18. The summed E-state index contributed by atoms with van der Waals surface area (Å²) in [7, 11) is -10.1. The number of nitrogen functional groups attached to an aromatic ring is 4. The molecule has 52 heteroatoms.